The fourth-order valence-corrected chi connectivity index (χ4v) is 2.48. The minimum absolute atomic E-state index is 0.0311. The van der Waals surface area contributed by atoms with E-state index in [1.807, 2.05) is 0 Å². The lowest BCUT2D eigenvalue weighted by Gasteiger charge is -2.28. The Hall–Kier alpha value is -1.59. The number of hydrogen-bond donors (Lipinski definition) is 1. The molecule has 0 spiro atoms. The van der Waals surface area contributed by atoms with E-state index in [0.717, 1.165) is 12.8 Å². The second-order valence-electron chi connectivity index (χ2n) is 4.94. The normalized spacial score (nSPS) is 24.4. The smallest absolute Gasteiger partial charge is 0.308 e. The molecule has 0 aromatic rings. The molecule has 0 aromatic heterocycles. The van der Waals surface area contributed by atoms with E-state index in [1.54, 1.807) is 9.80 Å². The lowest BCUT2D eigenvalue weighted by atomic mass is 10.1. The third-order valence-corrected chi connectivity index (χ3v) is 3.64. The summed E-state index contributed by atoms with van der Waals surface area (Å²) in [4.78, 5) is 37.5. The van der Waals surface area contributed by atoms with Crippen molar-refractivity contribution in [1.82, 2.24) is 9.80 Å². The predicted molar refractivity (Wildman–Crippen MR) is 62.8 cm³/mol. The Morgan fingerprint density at radius 2 is 2.06 bits per heavy atom. The van der Waals surface area contributed by atoms with Crippen molar-refractivity contribution in [3.63, 3.8) is 0 Å². The van der Waals surface area contributed by atoms with Crippen LogP contribution < -0.4 is 0 Å². The number of likely N-dealkylation sites (tertiary alicyclic amines) is 2. The van der Waals surface area contributed by atoms with Crippen molar-refractivity contribution in [2.24, 2.45) is 5.92 Å². The number of hydrogen-bond acceptors (Lipinski definition) is 3. The molecule has 0 aliphatic carbocycles. The minimum atomic E-state index is -0.848. The molecule has 6 nitrogen and oxygen atoms in total. The fraction of sp³-hybridized carbons (Fsp3) is 0.750. The molecule has 2 heterocycles. The van der Waals surface area contributed by atoms with Crippen LogP contribution in [-0.4, -0.2) is 58.9 Å². The van der Waals surface area contributed by atoms with E-state index >= 15 is 0 Å². The monoisotopic (exact) mass is 254 g/mol. The SMILES string of the molecule is O=C(O)[C@H]1CCN(C(=O)CN2CCCCC2=O)C1. The van der Waals surface area contributed by atoms with Gasteiger partial charge in [0, 0.05) is 26.1 Å². The number of carbonyl (C=O) groups excluding carboxylic acids is 2. The highest BCUT2D eigenvalue weighted by atomic mass is 16.4. The van der Waals surface area contributed by atoms with Gasteiger partial charge in [-0.05, 0) is 19.3 Å². The van der Waals surface area contributed by atoms with Crippen LogP contribution in [-0.2, 0) is 14.4 Å². The summed E-state index contributed by atoms with van der Waals surface area (Å²) in [5.41, 5.74) is 0. The lowest BCUT2D eigenvalue weighted by Crippen LogP contribution is -2.44. The molecule has 6 heteroatoms. The Balaban J connectivity index is 1.85. The number of carboxylic acids is 1. The summed E-state index contributed by atoms with van der Waals surface area (Å²) in [5.74, 6) is -1.40. The van der Waals surface area contributed by atoms with Crippen molar-refractivity contribution in [3.8, 4) is 0 Å². The minimum Gasteiger partial charge on any atom is -0.481 e. The van der Waals surface area contributed by atoms with Crippen molar-refractivity contribution >= 4 is 17.8 Å². The molecular weight excluding hydrogens is 236 g/mol. The zero-order valence-corrected chi connectivity index (χ0v) is 10.3. The van der Waals surface area contributed by atoms with Gasteiger partial charge in [-0.15, -0.1) is 0 Å². The molecule has 0 bridgehead atoms. The quantitative estimate of drug-likeness (QED) is 0.765. The van der Waals surface area contributed by atoms with Gasteiger partial charge in [-0.1, -0.05) is 0 Å². The van der Waals surface area contributed by atoms with Crippen LogP contribution in [0.5, 0.6) is 0 Å². The zero-order valence-electron chi connectivity index (χ0n) is 10.3. The highest BCUT2D eigenvalue weighted by molar-refractivity contribution is 5.85. The fourth-order valence-electron chi connectivity index (χ4n) is 2.48. The number of carbonyl (C=O) groups is 3. The van der Waals surface area contributed by atoms with Crippen LogP contribution in [0.3, 0.4) is 0 Å². The topological polar surface area (TPSA) is 77.9 Å². The molecule has 2 aliphatic heterocycles. The van der Waals surface area contributed by atoms with Gasteiger partial charge < -0.3 is 14.9 Å². The van der Waals surface area contributed by atoms with Gasteiger partial charge in [-0.25, -0.2) is 0 Å². The number of rotatable bonds is 3. The first kappa shape index (κ1) is 12.9. The molecular formula is C12H18N2O4. The highest BCUT2D eigenvalue weighted by Crippen LogP contribution is 2.17. The number of aliphatic carboxylic acids is 1. The molecule has 100 valence electrons. The average Bonchev–Trinajstić information content (AvgIpc) is 2.81. The van der Waals surface area contributed by atoms with Crippen molar-refractivity contribution in [1.29, 1.82) is 0 Å². The molecule has 1 N–H and O–H groups in total. The summed E-state index contributed by atoms with van der Waals surface area (Å²) in [6.07, 6.45) is 2.87. The van der Waals surface area contributed by atoms with Crippen LogP contribution >= 0.6 is 0 Å². The first-order valence-electron chi connectivity index (χ1n) is 6.36. The summed E-state index contributed by atoms with van der Waals surface area (Å²) >= 11 is 0. The number of piperidine rings is 1. The van der Waals surface area contributed by atoms with Crippen LogP contribution in [0.25, 0.3) is 0 Å². The van der Waals surface area contributed by atoms with Crippen molar-refractivity contribution < 1.29 is 19.5 Å². The molecule has 0 saturated carbocycles. The van der Waals surface area contributed by atoms with Gasteiger partial charge in [-0.2, -0.15) is 0 Å². The number of nitrogens with zero attached hydrogens (tertiary/aromatic N) is 2. The predicted octanol–water partition coefficient (Wildman–Crippen LogP) is -0.0680. The summed E-state index contributed by atoms with van der Waals surface area (Å²) in [7, 11) is 0. The summed E-state index contributed by atoms with van der Waals surface area (Å²) in [6.45, 7) is 1.50. The summed E-state index contributed by atoms with van der Waals surface area (Å²) in [6, 6.07) is 0. The Morgan fingerprint density at radius 3 is 2.67 bits per heavy atom. The van der Waals surface area contributed by atoms with Gasteiger partial charge in [0.25, 0.3) is 0 Å². The van der Waals surface area contributed by atoms with Crippen LogP contribution in [0.4, 0.5) is 0 Å². The van der Waals surface area contributed by atoms with Gasteiger partial charge >= 0.3 is 5.97 Å². The van der Waals surface area contributed by atoms with Crippen LogP contribution in [0.1, 0.15) is 25.7 Å². The van der Waals surface area contributed by atoms with E-state index in [2.05, 4.69) is 0 Å². The first-order chi connectivity index (χ1) is 8.58. The maximum atomic E-state index is 12.0. The second kappa shape index (κ2) is 5.37. The van der Waals surface area contributed by atoms with E-state index in [4.69, 9.17) is 5.11 Å². The van der Waals surface area contributed by atoms with E-state index in [-0.39, 0.29) is 24.9 Å². The molecule has 2 fully saturated rings. The summed E-state index contributed by atoms with van der Waals surface area (Å²) < 4.78 is 0. The molecule has 2 rings (SSSR count). The van der Waals surface area contributed by atoms with Crippen molar-refractivity contribution in [3.05, 3.63) is 0 Å². The summed E-state index contributed by atoms with van der Waals surface area (Å²) in [5, 5.41) is 8.87. The maximum Gasteiger partial charge on any atom is 0.308 e. The van der Waals surface area contributed by atoms with Gasteiger partial charge in [0.05, 0.1) is 12.5 Å². The lowest BCUT2D eigenvalue weighted by molar-refractivity contribution is -0.143. The van der Waals surface area contributed by atoms with Crippen LogP contribution in [0, 0.1) is 5.92 Å². The standard InChI is InChI=1S/C12H18N2O4/c15-10-3-1-2-5-13(10)8-11(16)14-6-4-9(7-14)12(17)18/h9H,1-8H2,(H,17,18)/t9-/m0/s1. The molecule has 0 radical (unpaired) electrons. The molecule has 0 unspecified atom stereocenters. The van der Waals surface area contributed by atoms with Crippen LogP contribution in [0.2, 0.25) is 0 Å². The molecule has 2 aliphatic rings. The van der Waals surface area contributed by atoms with E-state index in [0.29, 0.717) is 25.9 Å². The number of amides is 2. The Kier molecular flexibility index (Phi) is 3.84. The van der Waals surface area contributed by atoms with Gasteiger partial charge in [0.15, 0.2) is 0 Å². The van der Waals surface area contributed by atoms with E-state index in [1.165, 1.54) is 0 Å². The third-order valence-electron chi connectivity index (χ3n) is 3.64. The van der Waals surface area contributed by atoms with E-state index < -0.39 is 11.9 Å². The molecule has 2 amide bonds. The highest BCUT2D eigenvalue weighted by Gasteiger charge is 2.32. The van der Waals surface area contributed by atoms with E-state index in [9.17, 15) is 14.4 Å². The van der Waals surface area contributed by atoms with Gasteiger partial charge in [-0.3, -0.25) is 14.4 Å². The Bertz CT molecular complexity index is 369. The van der Waals surface area contributed by atoms with Crippen molar-refractivity contribution in [2.75, 3.05) is 26.2 Å². The largest absolute Gasteiger partial charge is 0.481 e. The van der Waals surface area contributed by atoms with Crippen molar-refractivity contribution in [2.45, 2.75) is 25.7 Å². The molecule has 1 atom stereocenters. The Labute approximate surface area is 106 Å². The Morgan fingerprint density at radius 1 is 1.28 bits per heavy atom. The third kappa shape index (κ3) is 2.80. The van der Waals surface area contributed by atoms with Crippen LogP contribution in [0.15, 0.2) is 0 Å². The first-order valence-corrected chi connectivity index (χ1v) is 6.36. The second-order valence-corrected chi connectivity index (χ2v) is 4.94. The van der Waals surface area contributed by atoms with Gasteiger partial charge in [0.2, 0.25) is 11.8 Å². The number of carboxylic acid groups (broad SMARTS) is 1. The maximum absolute atomic E-state index is 12.0. The molecule has 18 heavy (non-hydrogen) atoms. The molecule has 0 aromatic carbocycles. The zero-order chi connectivity index (χ0) is 13.1. The van der Waals surface area contributed by atoms with Gasteiger partial charge in [0.1, 0.15) is 0 Å². The molecule has 2 saturated heterocycles. The average molecular weight is 254 g/mol.